The van der Waals surface area contributed by atoms with Gasteiger partial charge < -0.3 is 20.3 Å². The van der Waals surface area contributed by atoms with Crippen molar-refractivity contribution in [1.82, 2.24) is 5.32 Å². The lowest BCUT2D eigenvalue weighted by molar-refractivity contribution is -0.143. The van der Waals surface area contributed by atoms with Gasteiger partial charge in [0.15, 0.2) is 0 Å². The second kappa shape index (κ2) is 72.6. The molecule has 2 atom stereocenters. The average molecular weight is 1170 g/mol. The molecule has 0 rings (SSSR count). The molecule has 0 aromatic rings. The van der Waals surface area contributed by atoms with Crippen LogP contribution in [0.25, 0.3) is 0 Å². The van der Waals surface area contributed by atoms with Gasteiger partial charge in [0.2, 0.25) is 5.91 Å². The summed E-state index contributed by atoms with van der Waals surface area (Å²) in [6.07, 6.45) is 93.8. The van der Waals surface area contributed by atoms with E-state index in [1.54, 1.807) is 6.08 Å². The van der Waals surface area contributed by atoms with Crippen molar-refractivity contribution in [2.24, 2.45) is 0 Å². The molecule has 490 valence electrons. The van der Waals surface area contributed by atoms with Crippen LogP contribution in [0.1, 0.15) is 418 Å². The van der Waals surface area contributed by atoms with Gasteiger partial charge in [0.25, 0.3) is 0 Å². The van der Waals surface area contributed by atoms with E-state index in [0.717, 1.165) is 38.5 Å². The van der Waals surface area contributed by atoms with Crippen LogP contribution in [0.3, 0.4) is 0 Å². The molecule has 0 aliphatic carbocycles. The SMILES string of the molecule is CCCCCCCC/C=C\CCCCCCCCCCCC(=O)OCCCCCCCCCCCCCC/C=C\CCCCCCCCCCCCCC(=O)NC(CO)C(O)/C=C/CCCCCCCCCCCCCCCCCCCC. The maximum absolute atomic E-state index is 12.5. The van der Waals surface area contributed by atoms with E-state index >= 15 is 0 Å². The number of esters is 1. The number of unbranched alkanes of at least 4 members (excludes halogenated alkanes) is 56. The molecule has 1 amide bonds. The highest BCUT2D eigenvalue weighted by molar-refractivity contribution is 5.76. The Balaban J connectivity index is 3.39. The van der Waals surface area contributed by atoms with Gasteiger partial charge in [-0.2, -0.15) is 0 Å². The minimum Gasteiger partial charge on any atom is -0.466 e. The summed E-state index contributed by atoms with van der Waals surface area (Å²) < 4.78 is 5.51. The van der Waals surface area contributed by atoms with Gasteiger partial charge in [0.1, 0.15) is 0 Å². The van der Waals surface area contributed by atoms with Gasteiger partial charge in [-0.3, -0.25) is 9.59 Å². The van der Waals surface area contributed by atoms with E-state index in [1.165, 1.54) is 353 Å². The third-order valence-electron chi connectivity index (χ3n) is 17.6. The number of aliphatic hydroxyl groups is 2. The van der Waals surface area contributed by atoms with Crippen LogP contribution in [-0.4, -0.2) is 47.4 Å². The quantitative estimate of drug-likeness (QED) is 0.0320. The molecule has 0 aromatic carbocycles. The topological polar surface area (TPSA) is 95.9 Å². The molecule has 6 heteroatoms. The normalized spacial score (nSPS) is 12.7. The van der Waals surface area contributed by atoms with E-state index in [0.29, 0.717) is 19.4 Å². The van der Waals surface area contributed by atoms with Gasteiger partial charge in [-0.05, 0) is 83.5 Å². The van der Waals surface area contributed by atoms with E-state index in [2.05, 4.69) is 43.5 Å². The van der Waals surface area contributed by atoms with Crippen LogP contribution in [0, 0.1) is 0 Å². The highest BCUT2D eigenvalue weighted by atomic mass is 16.5. The third-order valence-corrected chi connectivity index (χ3v) is 17.6. The van der Waals surface area contributed by atoms with E-state index < -0.39 is 12.1 Å². The summed E-state index contributed by atoms with van der Waals surface area (Å²) in [7, 11) is 0. The summed E-state index contributed by atoms with van der Waals surface area (Å²) in [6.45, 7) is 4.94. The summed E-state index contributed by atoms with van der Waals surface area (Å²) in [5.74, 6) is -0.0500. The highest BCUT2D eigenvalue weighted by Crippen LogP contribution is 2.19. The van der Waals surface area contributed by atoms with Gasteiger partial charge in [-0.15, -0.1) is 0 Å². The number of hydrogen-bond acceptors (Lipinski definition) is 5. The number of amides is 1. The van der Waals surface area contributed by atoms with Crippen molar-refractivity contribution in [3.8, 4) is 0 Å². The number of nitrogens with one attached hydrogen (secondary N) is 1. The van der Waals surface area contributed by atoms with Gasteiger partial charge in [-0.25, -0.2) is 0 Å². The Hall–Kier alpha value is -1.92. The van der Waals surface area contributed by atoms with Crippen molar-refractivity contribution in [1.29, 1.82) is 0 Å². The molecule has 0 radical (unpaired) electrons. The van der Waals surface area contributed by atoms with Crippen LogP contribution < -0.4 is 5.32 Å². The monoisotopic (exact) mass is 1170 g/mol. The molecule has 83 heavy (non-hydrogen) atoms. The lowest BCUT2D eigenvalue weighted by Gasteiger charge is -2.20. The second-order valence-electron chi connectivity index (χ2n) is 26.0. The summed E-state index contributed by atoms with van der Waals surface area (Å²) >= 11 is 0. The Morgan fingerprint density at radius 2 is 0.566 bits per heavy atom. The molecule has 0 bridgehead atoms. The molecule has 0 saturated heterocycles. The zero-order valence-electron chi connectivity index (χ0n) is 56.2. The van der Waals surface area contributed by atoms with Crippen molar-refractivity contribution in [2.75, 3.05) is 13.2 Å². The minimum atomic E-state index is -0.846. The number of rotatable bonds is 71. The fourth-order valence-electron chi connectivity index (χ4n) is 11.9. The van der Waals surface area contributed by atoms with Gasteiger partial charge in [0, 0.05) is 12.8 Å². The van der Waals surface area contributed by atoms with Crippen molar-refractivity contribution in [3.63, 3.8) is 0 Å². The van der Waals surface area contributed by atoms with Crippen molar-refractivity contribution in [3.05, 3.63) is 36.5 Å². The molecule has 0 heterocycles. The zero-order chi connectivity index (χ0) is 59.9. The molecular formula is C77H147NO5. The lowest BCUT2D eigenvalue weighted by Crippen LogP contribution is -2.45. The maximum Gasteiger partial charge on any atom is 0.305 e. The number of carbonyl (C=O) groups is 2. The van der Waals surface area contributed by atoms with Crippen LogP contribution in [0.4, 0.5) is 0 Å². The summed E-state index contributed by atoms with van der Waals surface area (Å²) in [5.41, 5.74) is 0. The molecule has 0 aromatic heterocycles. The summed E-state index contributed by atoms with van der Waals surface area (Å²) in [5, 5.41) is 23.3. The van der Waals surface area contributed by atoms with E-state index in [1.807, 2.05) is 6.08 Å². The number of aliphatic hydroxyl groups excluding tert-OH is 2. The molecule has 0 spiro atoms. The van der Waals surface area contributed by atoms with Gasteiger partial charge in [0.05, 0.1) is 25.4 Å². The fourth-order valence-corrected chi connectivity index (χ4v) is 11.9. The zero-order valence-corrected chi connectivity index (χ0v) is 56.2. The van der Waals surface area contributed by atoms with Crippen LogP contribution in [0.15, 0.2) is 36.5 Å². The van der Waals surface area contributed by atoms with E-state index in [4.69, 9.17) is 4.74 Å². The second-order valence-corrected chi connectivity index (χ2v) is 26.0. The van der Waals surface area contributed by atoms with Crippen molar-refractivity contribution in [2.45, 2.75) is 431 Å². The number of allylic oxidation sites excluding steroid dienone is 5. The first-order chi connectivity index (χ1) is 41.0. The Labute approximate surface area is 519 Å². The standard InChI is InChI=1S/C77H147NO5/c1-3-5-7-9-11-13-15-17-19-21-23-34-37-41-45-49-53-57-61-65-69-75(80)74(73-79)78-76(81)70-66-62-58-54-50-46-42-38-35-31-29-27-25-24-26-28-30-32-36-40-44-48-52-56-60-64-68-72-83-77(82)71-67-63-59-55-51-47-43-39-33-22-20-18-16-14-12-10-8-6-4-2/h18,20,24-25,65,69,74-75,79-80H,3-17,19,21-23,26-64,66-68,70-73H2,1-2H3,(H,78,81)/b20-18-,25-24-,69-65+. The van der Waals surface area contributed by atoms with Crippen LogP contribution in [-0.2, 0) is 14.3 Å². The minimum absolute atomic E-state index is 0.0150. The highest BCUT2D eigenvalue weighted by Gasteiger charge is 2.18. The van der Waals surface area contributed by atoms with Crippen LogP contribution >= 0.6 is 0 Å². The first-order valence-corrected chi connectivity index (χ1v) is 37.8. The first-order valence-electron chi connectivity index (χ1n) is 37.8. The Morgan fingerprint density at radius 1 is 0.325 bits per heavy atom. The largest absolute Gasteiger partial charge is 0.466 e. The van der Waals surface area contributed by atoms with Gasteiger partial charge in [-0.1, -0.05) is 359 Å². The Kier molecular flexibility index (Phi) is 70.9. The lowest BCUT2D eigenvalue weighted by atomic mass is 10.0. The van der Waals surface area contributed by atoms with E-state index in [-0.39, 0.29) is 18.5 Å². The van der Waals surface area contributed by atoms with Crippen molar-refractivity contribution < 1.29 is 24.5 Å². The number of ether oxygens (including phenoxy) is 1. The molecule has 0 fully saturated rings. The van der Waals surface area contributed by atoms with Gasteiger partial charge >= 0.3 is 5.97 Å². The van der Waals surface area contributed by atoms with Crippen LogP contribution in [0.2, 0.25) is 0 Å². The molecule has 2 unspecified atom stereocenters. The number of carbonyl (C=O) groups excluding carboxylic acids is 2. The molecule has 3 N–H and O–H groups in total. The molecular weight excluding hydrogens is 1020 g/mol. The molecule has 0 saturated carbocycles. The Morgan fingerprint density at radius 3 is 0.855 bits per heavy atom. The predicted molar refractivity (Wildman–Crippen MR) is 366 cm³/mol. The van der Waals surface area contributed by atoms with Crippen molar-refractivity contribution >= 4 is 11.9 Å². The molecule has 0 aliphatic heterocycles. The average Bonchev–Trinajstić information content (AvgIpc) is 3.49. The fraction of sp³-hybridized carbons (Fsp3) is 0.896. The summed E-state index contributed by atoms with van der Waals surface area (Å²) in [6, 6.07) is -0.630. The maximum atomic E-state index is 12.5. The summed E-state index contributed by atoms with van der Waals surface area (Å²) in [4.78, 5) is 24.6. The van der Waals surface area contributed by atoms with Crippen LogP contribution in [0.5, 0.6) is 0 Å². The predicted octanol–water partition coefficient (Wildman–Crippen LogP) is 24.7. The molecule has 6 nitrogen and oxygen atoms in total. The molecule has 0 aliphatic rings. The number of hydrogen-bond donors (Lipinski definition) is 3. The Bertz CT molecular complexity index is 1340. The van der Waals surface area contributed by atoms with E-state index in [9.17, 15) is 19.8 Å². The smallest absolute Gasteiger partial charge is 0.305 e. The first kappa shape index (κ1) is 81.1. The third kappa shape index (κ3) is 69.1.